The van der Waals surface area contributed by atoms with Crippen molar-refractivity contribution in [3.63, 3.8) is 0 Å². The third-order valence-electron chi connectivity index (χ3n) is 2.14. The third-order valence-corrected chi connectivity index (χ3v) is 5.44. The number of halogens is 1. The predicted octanol–water partition coefficient (Wildman–Crippen LogP) is 1.30. The Morgan fingerprint density at radius 2 is 2.10 bits per heavy atom. The van der Waals surface area contributed by atoms with Gasteiger partial charge in [0, 0.05) is 6.07 Å². The minimum atomic E-state index is -4.02. The minimum Gasteiger partial charge on any atom is -0.310 e. The van der Waals surface area contributed by atoms with Crippen molar-refractivity contribution in [2.75, 3.05) is 10.1 Å². The number of hydrazine groups is 1. The average Bonchev–Trinajstić information content (AvgIpc) is 2.86. The average molecular weight is 395 g/mol. The van der Waals surface area contributed by atoms with Crippen molar-refractivity contribution in [1.29, 1.82) is 0 Å². The van der Waals surface area contributed by atoms with Crippen molar-refractivity contribution in [3.8, 4) is 0 Å². The van der Waals surface area contributed by atoms with Crippen LogP contribution in [0, 0.1) is 10.1 Å². The Kier molecular flexibility index (Phi) is 4.36. The molecule has 4 N–H and O–H groups in total. The number of aromatic nitrogens is 2. The second-order valence-corrected chi connectivity index (χ2v) is 7.29. The van der Waals surface area contributed by atoms with Gasteiger partial charge >= 0.3 is 5.69 Å². The first-order valence-electron chi connectivity index (χ1n) is 5.08. The molecule has 2 aromatic heterocycles. The highest BCUT2D eigenvalue weighted by Gasteiger charge is 2.26. The van der Waals surface area contributed by atoms with Gasteiger partial charge in [0.2, 0.25) is 0 Å². The quantitative estimate of drug-likeness (QED) is 0.389. The number of nitro groups is 1. The number of nitrogens with zero attached hydrogens (tertiary/aromatic N) is 3. The summed E-state index contributed by atoms with van der Waals surface area (Å²) >= 11 is 3.69. The van der Waals surface area contributed by atoms with E-state index in [4.69, 9.17) is 5.84 Å². The standard InChI is InChI=1S/C8H7BrN6O4S2/c9-5-2-12-6(3-11-5)14-21(18,19)7-1-4(15(16)17)8(13-10)20-7/h1-3,13H,10H2,(H,12,14). The Morgan fingerprint density at radius 1 is 1.38 bits per heavy atom. The Hall–Kier alpha value is -1.83. The lowest BCUT2D eigenvalue weighted by Crippen LogP contribution is -2.12. The summed E-state index contributed by atoms with van der Waals surface area (Å²) in [6.07, 6.45) is 2.51. The van der Waals surface area contributed by atoms with Crippen LogP contribution >= 0.6 is 27.3 Å². The molecule has 10 nitrogen and oxygen atoms in total. The number of thiophene rings is 1. The molecule has 0 saturated heterocycles. The van der Waals surface area contributed by atoms with E-state index in [1.165, 1.54) is 12.4 Å². The molecular weight excluding hydrogens is 388 g/mol. The normalized spacial score (nSPS) is 11.1. The molecule has 0 unspecified atom stereocenters. The van der Waals surface area contributed by atoms with Crippen LogP contribution in [-0.4, -0.2) is 23.3 Å². The number of sulfonamides is 1. The highest BCUT2D eigenvalue weighted by molar-refractivity contribution is 9.10. The smallest absolute Gasteiger partial charge is 0.306 e. The summed E-state index contributed by atoms with van der Waals surface area (Å²) in [5, 5.41) is 10.7. The molecule has 0 aliphatic carbocycles. The topological polar surface area (TPSA) is 153 Å². The first kappa shape index (κ1) is 15.6. The lowest BCUT2D eigenvalue weighted by Gasteiger charge is -2.04. The molecule has 2 aromatic rings. The molecule has 13 heteroatoms. The largest absolute Gasteiger partial charge is 0.310 e. The zero-order valence-electron chi connectivity index (χ0n) is 9.98. The molecular formula is C8H7BrN6O4S2. The van der Waals surface area contributed by atoms with Gasteiger partial charge < -0.3 is 5.43 Å². The summed E-state index contributed by atoms with van der Waals surface area (Å²) in [5.74, 6) is 5.11. The summed E-state index contributed by atoms with van der Waals surface area (Å²) in [6.45, 7) is 0. The molecule has 0 saturated carbocycles. The van der Waals surface area contributed by atoms with Gasteiger partial charge in [-0.3, -0.25) is 14.8 Å². The van der Waals surface area contributed by atoms with E-state index in [1.807, 2.05) is 0 Å². The van der Waals surface area contributed by atoms with E-state index in [0.717, 1.165) is 6.07 Å². The maximum Gasteiger partial charge on any atom is 0.306 e. The van der Waals surface area contributed by atoms with Crippen LogP contribution in [0.3, 0.4) is 0 Å². The van der Waals surface area contributed by atoms with E-state index in [-0.39, 0.29) is 15.0 Å². The third kappa shape index (κ3) is 3.44. The van der Waals surface area contributed by atoms with Gasteiger partial charge in [-0.2, -0.15) is 0 Å². The Labute approximate surface area is 130 Å². The number of nitrogens with two attached hydrogens (primary N) is 1. The van der Waals surface area contributed by atoms with Crippen LogP contribution in [-0.2, 0) is 10.0 Å². The lowest BCUT2D eigenvalue weighted by atomic mass is 10.5. The number of nitrogens with one attached hydrogen (secondary N) is 2. The van der Waals surface area contributed by atoms with Gasteiger partial charge in [-0.1, -0.05) is 11.3 Å². The van der Waals surface area contributed by atoms with Gasteiger partial charge in [-0.25, -0.2) is 24.2 Å². The van der Waals surface area contributed by atoms with Crippen LogP contribution in [0.4, 0.5) is 16.5 Å². The molecule has 0 aromatic carbocycles. The first-order valence-corrected chi connectivity index (χ1v) is 8.18. The molecule has 112 valence electrons. The Balaban J connectivity index is 2.35. The van der Waals surface area contributed by atoms with Crippen LogP contribution in [0.5, 0.6) is 0 Å². The molecule has 21 heavy (non-hydrogen) atoms. The fourth-order valence-corrected chi connectivity index (χ4v) is 3.72. The van der Waals surface area contributed by atoms with Crippen molar-refractivity contribution in [1.82, 2.24) is 9.97 Å². The molecule has 0 fully saturated rings. The summed E-state index contributed by atoms with van der Waals surface area (Å²) < 4.78 is 26.6. The van der Waals surface area contributed by atoms with Crippen LogP contribution < -0.4 is 16.0 Å². The summed E-state index contributed by atoms with van der Waals surface area (Å²) in [6, 6.07) is 0.911. The molecule has 2 heterocycles. The highest BCUT2D eigenvalue weighted by atomic mass is 79.9. The summed E-state index contributed by atoms with van der Waals surface area (Å²) in [5.41, 5.74) is 1.67. The van der Waals surface area contributed by atoms with E-state index in [0.29, 0.717) is 15.9 Å². The first-order chi connectivity index (χ1) is 9.83. The Bertz CT molecular complexity index is 775. The second kappa shape index (κ2) is 5.88. The van der Waals surface area contributed by atoms with Crippen LogP contribution in [0.25, 0.3) is 0 Å². The van der Waals surface area contributed by atoms with Gasteiger partial charge in [-0.15, -0.1) is 0 Å². The summed E-state index contributed by atoms with van der Waals surface area (Å²) in [7, 11) is -4.02. The maximum atomic E-state index is 12.1. The lowest BCUT2D eigenvalue weighted by molar-refractivity contribution is -0.383. The van der Waals surface area contributed by atoms with E-state index >= 15 is 0 Å². The maximum absolute atomic E-state index is 12.1. The van der Waals surface area contributed by atoms with Gasteiger partial charge in [-0.05, 0) is 15.9 Å². The van der Waals surface area contributed by atoms with Gasteiger partial charge in [0.15, 0.2) is 10.8 Å². The fourth-order valence-electron chi connectivity index (χ4n) is 1.28. The number of anilines is 2. The molecule has 0 amide bonds. The summed E-state index contributed by atoms with van der Waals surface area (Å²) in [4.78, 5) is 17.7. The number of hydrogen-bond acceptors (Lipinski definition) is 9. The number of nitrogen functional groups attached to an aromatic ring is 1. The van der Waals surface area contributed by atoms with Crippen LogP contribution in [0.15, 0.2) is 27.3 Å². The SMILES string of the molecule is NNc1sc(S(=O)(=O)Nc2cnc(Br)cn2)cc1[N+](=O)[O-]. The van der Waals surface area contributed by atoms with Crippen molar-refractivity contribution in [2.45, 2.75) is 4.21 Å². The van der Waals surface area contributed by atoms with Gasteiger partial charge in [0.25, 0.3) is 10.0 Å². The molecule has 0 atom stereocenters. The van der Waals surface area contributed by atoms with Crippen molar-refractivity contribution in [2.24, 2.45) is 5.84 Å². The molecule has 2 rings (SSSR count). The fraction of sp³-hybridized carbons (Fsp3) is 0. The van der Waals surface area contributed by atoms with Crippen LogP contribution in [0.2, 0.25) is 0 Å². The molecule has 0 bridgehead atoms. The Morgan fingerprint density at radius 3 is 2.57 bits per heavy atom. The molecule has 0 aliphatic rings. The van der Waals surface area contributed by atoms with E-state index < -0.39 is 20.6 Å². The molecule has 0 radical (unpaired) electrons. The van der Waals surface area contributed by atoms with Crippen molar-refractivity contribution >= 4 is 53.8 Å². The van der Waals surface area contributed by atoms with Gasteiger partial charge in [0.1, 0.15) is 8.81 Å². The van der Waals surface area contributed by atoms with E-state index in [1.54, 1.807) is 0 Å². The number of hydrogen-bond donors (Lipinski definition) is 3. The van der Waals surface area contributed by atoms with Crippen molar-refractivity contribution in [3.05, 3.63) is 33.2 Å². The van der Waals surface area contributed by atoms with Crippen LogP contribution in [0.1, 0.15) is 0 Å². The van der Waals surface area contributed by atoms with Gasteiger partial charge in [0.05, 0.1) is 17.3 Å². The zero-order chi connectivity index (χ0) is 15.6. The minimum absolute atomic E-state index is 0.0171. The van der Waals surface area contributed by atoms with E-state index in [2.05, 4.69) is 36.0 Å². The van der Waals surface area contributed by atoms with Crippen molar-refractivity contribution < 1.29 is 13.3 Å². The van der Waals surface area contributed by atoms with E-state index in [9.17, 15) is 18.5 Å². The zero-order valence-corrected chi connectivity index (χ0v) is 13.2. The second-order valence-electron chi connectivity index (χ2n) is 3.51. The molecule has 0 spiro atoms. The monoisotopic (exact) mass is 394 g/mol. The predicted molar refractivity (Wildman–Crippen MR) is 79.3 cm³/mol. The highest BCUT2D eigenvalue weighted by Crippen LogP contribution is 2.36. The molecule has 0 aliphatic heterocycles. The number of rotatable bonds is 5.